The third kappa shape index (κ3) is 3.11. The van der Waals surface area contributed by atoms with Crippen LogP contribution < -0.4 is 0 Å². The first-order valence-corrected chi connectivity index (χ1v) is 5.17. The van der Waals surface area contributed by atoms with E-state index in [1.165, 1.54) is 5.56 Å². The molecule has 0 aliphatic heterocycles. The Morgan fingerprint density at radius 3 is 2.40 bits per heavy atom. The first-order chi connectivity index (χ1) is 6.80. The molecule has 1 amide bonds. The molecule has 1 aromatic heterocycles. The molecule has 0 saturated heterocycles. The SMILES string of the molecule is CN(C)C(=O)Cn1ccc(C(C)(C)C)c1. The molecular formula is C12H20N2O. The van der Waals surface area contributed by atoms with Crippen LogP contribution in [-0.2, 0) is 16.8 Å². The predicted octanol–water partition coefficient (Wildman–Crippen LogP) is 1.87. The maximum atomic E-state index is 11.5. The van der Waals surface area contributed by atoms with Gasteiger partial charge in [0.05, 0.1) is 0 Å². The first-order valence-electron chi connectivity index (χ1n) is 5.17. The number of hydrogen-bond donors (Lipinski definition) is 0. The van der Waals surface area contributed by atoms with Gasteiger partial charge in [0.2, 0.25) is 5.91 Å². The zero-order chi connectivity index (χ0) is 11.6. The highest BCUT2D eigenvalue weighted by Gasteiger charge is 2.15. The molecule has 0 radical (unpaired) electrons. The summed E-state index contributed by atoms with van der Waals surface area (Å²) in [6.07, 6.45) is 4.00. The average Bonchev–Trinajstić information content (AvgIpc) is 2.51. The third-order valence-corrected chi connectivity index (χ3v) is 2.43. The van der Waals surface area contributed by atoms with Crippen molar-refractivity contribution in [2.75, 3.05) is 14.1 Å². The second kappa shape index (κ2) is 4.09. The molecule has 0 bridgehead atoms. The van der Waals surface area contributed by atoms with Gasteiger partial charge in [0.1, 0.15) is 6.54 Å². The molecule has 0 aliphatic rings. The van der Waals surface area contributed by atoms with E-state index in [9.17, 15) is 4.79 Å². The van der Waals surface area contributed by atoms with Gasteiger partial charge in [0.25, 0.3) is 0 Å². The molecule has 0 fully saturated rings. The average molecular weight is 208 g/mol. The van der Waals surface area contributed by atoms with Gasteiger partial charge in [0.15, 0.2) is 0 Å². The molecule has 0 spiro atoms. The molecule has 0 N–H and O–H groups in total. The van der Waals surface area contributed by atoms with Gasteiger partial charge in [-0.15, -0.1) is 0 Å². The molecule has 0 aliphatic carbocycles. The van der Waals surface area contributed by atoms with Crippen molar-refractivity contribution >= 4 is 5.91 Å². The van der Waals surface area contributed by atoms with Crippen LogP contribution >= 0.6 is 0 Å². The maximum Gasteiger partial charge on any atom is 0.241 e. The van der Waals surface area contributed by atoms with Crippen molar-refractivity contribution in [3.63, 3.8) is 0 Å². The largest absolute Gasteiger partial charge is 0.347 e. The molecule has 3 heteroatoms. The summed E-state index contributed by atoms with van der Waals surface area (Å²) in [6.45, 7) is 6.92. The Morgan fingerprint density at radius 1 is 1.40 bits per heavy atom. The third-order valence-electron chi connectivity index (χ3n) is 2.43. The number of aromatic nitrogens is 1. The molecule has 0 aromatic carbocycles. The Morgan fingerprint density at radius 2 is 2.00 bits per heavy atom. The van der Waals surface area contributed by atoms with Crippen molar-refractivity contribution in [2.24, 2.45) is 0 Å². The fourth-order valence-corrected chi connectivity index (χ4v) is 1.28. The zero-order valence-electron chi connectivity index (χ0n) is 10.2. The van der Waals surface area contributed by atoms with E-state index in [1.54, 1.807) is 19.0 Å². The van der Waals surface area contributed by atoms with Gasteiger partial charge in [-0.05, 0) is 17.0 Å². The molecule has 1 rings (SSSR count). The van der Waals surface area contributed by atoms with E-state index in [0.29, 0.717) is 6.54 Å². The van der Waals surface area contributed by atoms with Gasteiger partial charge in [-0.3, -0.25) is 4.79 Å². The van der Waals surface area contributed by atoms with Gasteiger partial charge in [-0.2, -0.15) is 0 Å². The minimum atomic E-state index is 0.117. The number of rotatable bonds is 2. The summed E-state index contributed by atoms with van der Waals surface area (Å²) in [5.74, 6) is 0.117. The van der Waals surface area contributed by atoms with Crippen LogP contribution in [0.4, 0.5) is 0 Å². The van der Waals surface area contributed by atoms with Crippen LogP contribution in [0.2, 0.25) is 0 Å². The molecule has 0 saturated carbocycles. The zero-order valence-corrected chi connectivity index (χ0v) is 10.2. The quantitative estimate of drug-likeness (QED) is 0.728. The molecule has 1 heterocycles. The summed E-state index contributed by atoms with van der Waals surface area (Å²) in [4.78, 5) is 13.1. The van der Waals surface area contributed by atoms with Gasteiger partial charge in [-0.1, -0.05) is 20.8 Å². The summed E-state index contributed by atoms with van der Waals surface area (Å²) in [5.41, 5.74) is 1.40. The van der Waals surface area contributed by atoms with Crippen LogP contribution in [0.1, 0.15) is 26.3 Å². The normalized spacial score (nSPS) is 11.5. The Hall–Kier alpha value is -1.25. The molecule has 3 nitrogen and oxygen atoms in total. The molecule has 15 heavy (non-hydrogen) atoms. The molecular weight excluding hydrogens is 188 g/mol. The van der Waals surface area contributed by atoms with E-state index in [1.807, 2.05) is 17.0 Å². The van der Waals surface area contributed by atoms with Gasteiger partial charge in [-0.25, -0.2) is 0 Å². The highest BCUT2D eigenvalue weighted by Crippen LogP contribution is 2.21. The summed E-state index contributed by atoms with van der Waals surface area (Å²) < 4.78 is 1.93. The lowest BCUT2D eigenvalue weighted by molar-refractivity contribution is -0.129. The second-order valence-electron chi connectivity index (χ2n) is 5.11. The van der Waals surface area contributed by atoms with Crippen LogP contribution in [0.5, 0.6) is 0 Å². The summed E-state index contributed by atoms with van der Waals surface area (Å²) in [5, 5.41) is 0. The first kappa shape index (κ1) is 11.8. The number of carbonyl (C=O) groups excluding carboxylic acids is 1. The molecule has 0 atom stereocenters. The van der Waals surface area contributed by atoms with E-state index in [0.717, 1.165) is 0 Å². The van der Waals surface area contributed by atoms with Crippen LogP contribution in [0, 0.1) is 0 Å². The molecule has 0 unspecified atom stereocenters. The van der Waals surface area contributed by atoms with Crippen molar-refractivity contribution in [3.8, 4) is 0 Å². The number of hydrogen-bond acceptors (Lipinski definition) is 1. The van der Waals surface area contributed by atoms with E-state index in [2.05, 4.69) is 26.8 Å². The van der Waals surface area contributed by atoms with Crippen molar-refractivity contribution in [1.82, 2.24) is 9.47 Å². The van der Waals surface area contributed by atoms with Crippen molar-refractivity contribution < 1.29 is 4.79 Å². The Labute approximate surface area is 91.7 Å². The minimum Gasteiger partial charge on any atom is -0.347 e. The lowest BCUT2D eigenvalue weighted by atomic mass is 9.89. The fourth-order valence-electron chi connectivity index (χ4n) is 1.28. The smallest absolute Gasteiger partial charge is 0.241 e. The predicted molar refractivity (Wildman–Crippen MR) is 61.8 cm³/mol. The lowest BCUT2D eigenvalue weighted by Gasteiger charge is -2.16. The van der Waals surface area contributed by atoms with Crippen molar-refractivity contribution in [1.29, 1.82) is 0 Å². The number of nitrogens with zero attached hydrogens (tertiary/aromatic N) is 2. The highest BCUT2D eigenvalue weighted by atomic mass is 16.2. The topological polar surface area (TPSA) is 25.2 Å². The van der Waals surface area contributed by atoms with Crippen LogP contribution in [-0.4, -0.2) is 29.5 Å². The van der Waals surface area contributed by atoms with Gasteiger partial charge in [0, 0.05) is 26.5 Å². The number of carbonyl (C=O) groups is 1. The Balaban J connectivity index is 2.73. The van der Waals surface area contributed by atoms with E-state index in [4.69, 9.17) is 0 Å². The standard InChI is InChI=1S/C12H20N2O/c1-12(2,3)10-6-7-14(8-10)9-11(15)13(4)5/h6-8H,9H2,1-5H3. The van der Waals surface area contributed by atoms with E-state index < -0.39 is 0 Å². The Bertz CT molecular complexity index is 345. The highest BCUT2D eigenvalue weighted by molar-refractivity contribution is 5.75. The number of amides is 1. The van der Waals surface area contributed by atoms with Crippen molar-refractivity contribution in [3.05, 3.63) is 24.0 Å². The summed E-state index contributed by atoms with van der Waals surface area (Å²) in [6, 6.07) is 2.07. The second-order valence-corrected chi connectivity index (χ2v) is 5.11. The van der Waals surface area contributed by atoms with E-state index >= 15 is 0 Å². The van der Waals surface area contributed by atoms with E-state index in [-0.39, 0.29) is 11.3 Å². The van der Waals surface area contributed by atoms with Crippen LogP contribution in [0.15, 0.2) is 18.5 Å². The van der Waals surface area contributed by atoms with Gasteiger partial charge >= 0.3 is 0 Å². The molecule has 1 aromatic rings. The van der Waals surface area contributed by atoms with Crippen molar-refractivity contribution in [2.45, 2.75) is 32.7 Å². The monoisotopic (exact) mass is 208 g/mol. The fraction of sp³-hybridized carbons (Fsp3) is 0.583. The summed E-state index contributed by atoms with van der Waals surface area (Å²) >= 11 is 0. The molecule has 84 valence electrons. The number of likely N-dealkylation sites (N-methyl/N-ethyl adjacent to an activating group) is 1. The Kier molecular flexibility index (Phi) is 3.22. The van der Waals surface area contributed by atoms with Crippen LogP contribution in [0.25, 0.3) is 0 Å². The summed E-state index contributed by atoms with van der Waals surface area (Å²) in [7, 11) is 3.55. The van der Waals surface area contributed by atoms with Gasteiger partial charge < -0.3 is 9.47 Å². The minimum absolute atomic E-state index is 0.117. The lowest BCUT2D eigenvalue weighted by Crippen LogP contribution is -2.25. The maximum absolute atomic E-state index is 11.5. The van der Waals surface area contributed by atoms with Crippen LogP contribution in [0.3, 0.4) is 0 Å².